The van der Waals surface area contributed by atoms with Crippen LogP contribution in [0.4, 0.5) is 4.39 Å². The Balaban J connectivity index is 1.76. The van der Waals surface area contributed by atoms with Crippen molar-refractivity contribution >= 4 is 16.9 Å². The van der Waals surface area contributed by atoms with Crippen molar-refractivity contribution in [3.05, 3.63) is 58.9 Å². The van der Waals surface area contributed by atoms with Crippen LogP contribution in [-0.4, -0.2) is 76.8 Å². The van der Waals surface area contributed by atoms with Crippen LogP contribution in [0.5, 0.6) is 5.88 Å². The predicted octanol–water partition coefficient (Wildman–Crippen LogP) is 4.77. The molecule has 0 spiro atoms. The van der Waals surface area contributed by atoms with E-state index < -0.39 is 17.4 Å². The van der Waals surface area contributed by atoms with Gasteiger partial charge in [-0.15, -0.1) is 0 Å². The van der Waals surface area contributed by atoms with Crippen molar-refractivity contribution in [3.63, 3.8) is 0 Å². The number of carboxylic acids is 1. The number of likely N-dealkylation sites (N-methyl/N-ethyl adjacent to an activating group) is 1. The number of nitrogens with zero attached hydrogens (tertiary/aromatic N) is 3. The summed E-state index contributed by atoms with van der Waals surface area (Å²) in [7, 11) is 1.96. The number of aromatic nitrogens is 2. The third-order valence-corrected chi connectivity index (χ3v) is 7.87. The molecule has 0 radical (unpaired) electrons. The first kappa shape index (κ1) is 27.1. The zero-order valence-electron chi connectivity index (χ0n) is 22.6. The number of aromatic amines is 1. The molecule has 0 aliphatic carbocycles. The Morgan fingerprint density at radius 3 is 2.84 bits per heavy atom. The highest BCUT2D eigenvalue weighted by atomic mass is 19.1. The van der Waals surface area contributed by atoms with Gasteiger partial charge < -0.3 is 19.7 Å². The van der Waals surface area contributed by atoms with Gasteiger partial charge in [0.2, 0.25) is 5.88 Å². The average molecular weight is 511 g/mol. The Labute approximate surface area is 218 Å². The third-order valence-electron chi connectivity index (χ3n) is 7.87. The number of para-hydroxylation sites is 1. The minimum Gasteiger partial charge on any atom is -0.481 e. The van der Waals surface area contributed by atoms with Crippen molar-refractivity contribution in [2.75, 3.05) is 40.0 Å². The Kier molecular flexibility index (Phi) is 8.19. The van der Waals surface area contributed by atoms with Crippen LogP contribution in [-0.2, 0) is 16.8 Å². The van der Waals surface area contributed by atoms with Crippen molar-refractivity contribution in [2.45, 2.75) is 52.1 Å². The quantitative estimate of drug-likeness (QED) is 0.387. The molecule has 2 N–H and O–H groups in total. The van der Waals surface area contributed by atoms with E-state index in [-0.39, 0.29) is 12.7 Å². The second-order valence-electron chi connectivity index (χ2n) is 10.5. The molecule has 0 saturated heterocycles. The van der Waals surface area contributed by atoms with E-state index in [0.717, 1.165) is 28.8 Å². The summed E-state index contributed by atoms with van der Waals surface area (Å²) in [6.45, 7) is 10.1. The number of ether oxygens (including phenoxy) is 1. The van der Waals surface area contributed by atoms with Crippen molar-refractivity contribution in [1.29, 1.82) is 0 Å². The summed E-state index contributed by atoms with van der Waals surface area (Å²) >= 11 is 0. The van der Waals surface area contributed by atoms with Crippen LogP contribution in [0.25, 0.3) is 10.9 Å². The molecule has 1 aliphatic rings. The third kappa shape index (κ3) is 5.22. The Bertz CT molecular complexity index is 1250. The second kappa shape index (κ2) is 11.2. The maximum absolute atomic E-state index is 12.5. The van der Waals surface area contributed by atoms with E-state index in [1.165, 1.54) is 10.9 Å². The number of H-pyrrole nitrogens is 1. The van der Waals surface area contributed by atoms with E-state index in [9.17, 15) is 14.3 Å². The lowest BCUT2D eigenvalue weighted by Crippen LogP contribution is -2.56. The zero-order chi connectivity index (χ0) is 26.7. The molecule has 2 aromatic heterocycles. The number of alkyl halides is 1. The molecule has 0 fully saturated rings. The van der Waals surface area contributed by atoms with Gasteiger partial charge in [0.15, 0.2) is 0 Å². The molecule has 3 aromatic rings. The normalized spacial score (nSPS) is 20.8. The van der Waals surface area contributed by atoms with Gasteiger partial charge in [-0.2, -0.15) is 0 Å². The topological polar surface area (TPSA) is 81.7 Å². The smallest absolute Gasteiger partial charge is 0.307 e. The van der Waals surface area contributed by atoms with Gasteiger partial charge in [-0.05, 0) is 63.9 Å². The van der Waals surface area contributed by atoms with Gasteiger partial charge in [0, 0.05) is 54.0 Å². The van der Waals surface area contributed by atoms with Crippen molar-refractivity contribution < 1.29 is 19.0 Å². The summed E-state index contributed by atoms with van der Waals surface area (Å²) in [5, 5.41) is 11.0. The minimum absolute atomic E-state index is 0.125. The first-order valence-corrected chi connectivity index (χ1v) is 13.1. The van der Waals surface area contributed by atoms with Gasteiger partial charge in [0.25, 0.3) is 0 Å². The van der Waals surface area contributed by atoms with E-state index in [1.807, 2.05) is 26.1 Å². The fourth-order valence-electron chi connectivity index (χ4n) is 5.77. The van der Waals surface area contributed by atoms with Crippen LogP contribution < -0.4 is 4.74 Å². The number of pyridine rings is 1. The Hall–Kier alpha value is -2.97. The zero-order valence-corrected chi connectivity index (χ0v) is 22.6. The van der Waals surface area contributed by atoms with Crippen LogP contribution >= 0.6 is 0 Å². The number of fused-ring (bicyclic) bond motifs is 3. The second-order valence-corrected chi connectivity index (χ2v) is 10.5. The van der Waals surface area contributed by atoms with Crippen LogP contribution in [0.15, 0.2) is 36.5 Å². The molecule has 4 rings (SSSR count). The SMILES string of the molecule is Cc1c([C@]2(C)c3[nH]c4ccccc4c3C[C@@H](C)N2C[C@@H](C)C(=O)O)ccnc1OCCN(C)CCCF. The lowest BCUT2D eigenvalue weighted by Gasteiger charge is -2.50. The summed E-state index contributed by atoms with van der Waals surface area (Å²) in [5.41, 5.74) is 4.81. The molecule has 3 atom stereocenters. The molecule has 0 amide bonds. The molecule has 8 heteroatoms. The molecule has 37 heavy (non-hydrogen) atoms. The Morgan fingerprint density at radius 1 is 1.35 bits per heavy atom. The summed E-state index contributed by atoms with van der Waals surface area (Å²) < 4.78 is 18.6. The lowest BCUT2D eigenvalue weighted by atomic mass is 9.76. The highest BCUT2D eigenvalue weighted by Crippen LogP contribution is 2.47. The minimum atomic E-state index is -0.802. The molecule has 0 bridgehead atoms. The largest absolute Gasteiger partial charge is 0.481 e. The van der Waals surface area contributed by atoms with E-state index in [4.69, 9.17) is 4.74 Å². The molecule has 0 unspecified atom stereocenters. The first-order valence-electron chi connectivity index (χ1n) is 13.1. The Morgan fingerprint density at radius 2 is 2.11 bits per heavy atom. The van der Waals surface area contributed by atoms with Gasteiger partial charge in [-0.3, -0.25) is 14.1 Å². The van der Waals surface area contributed by atoms with E-state index >= 15 is 0 Å². The molecule has 200 valence electrons. The average Bonchev–Trinajstić information content (AvgIpc) is 3.25. The van der Waals surface area contributed by atoms with Gasteiger partial charge >= 0.3 is 5.97 Å². The number of nitrogens with one attached hydrogen (secondary N) is 1. The number of rotatable bonds is 11. The maximum atomic E-state index is 12.5. The van der Waals surface area contributed by atoms with E-state index in [2.05, 4.69) is 51.8 Å². The van der Waals surface area contributed by atoms with Crippen LogP contribution in [0.1, 0.15) is 49.6 Å². The molecule has 1 aliphatic heterocycles. The van der Waals surface area contributed by atoms with Crippen molar-refractivity contribution in [1.82, 2.24) is 19.8 Å². The molecular formula is C29H39FN4O3. The maximum Gasteiger partial charge on any atom is 0.307 e. The fraction of sp³-hybridized carbons (Fsp3) is 0.517. The summed E-state index contributed by atoms with van der Waals surface area (Å²) in [6.07, 6.45) is 3.12. The number of halogens is 1. The van der Waals surface area contributed by atoms with Gasteiger partial charge in [0.05, 0.1) is 18.1 Å². The number of hydrogen-bond acceptors (Lipinski definition) is 5. The number of carboxylic acid groups (broad SMARTS) is 1. The molecule has 0 saturated carbocycles. The summed E-state index contributed by atoms with van der Waals surface area (Å²) in [6, 6.07) is 10.5. The van der Waals surface area contributed by atoms with Gasteiger partial charge in [-0.25, -0.2) is 4.98 Å². The van der Waals surface area contributed by atoms with E-state index in [1.54, 1.807) is 13.1 Å². The number of carbonyl (C=O) groups is 1. The van der Waals surface area contributed by atoms with Gasteiger partial charge in [0.1, 0.15) is 6.61 Å². The van der Waals surface area contributed by atoms with Crippen LogP contribution in [0, 0.1) is 12.8 Å². The number of benzene rings is 1. The molecule has 1 aromatic carbocycles. The van der Waals surface area contributed by atoms with Crippen molar-refractivity contribution in [3.8, 4) is 5.88 Å². The number of hydrogen-bond donors (Lipinski definition) is 2. The summed E-state index contributed by atoms with van der Waals surface area (Å²) in [5.74, 6) is -0.755. The highest BCUT2D eigenvalue weighted by molar-refractivity contribution is 5.86. The standard InChI is InChI=1S/C29H39FN4O3/c1-19(28(35)36)18-34-20(2)17-23-22-9-6-7-10-25(22)32-26(23)29(34,4)24-11-13-31-27(21(24)3)37-16-15-33(5)14-8-12-30/h6-7,9-11,13,19-20,32H,8,12,14-18H2,1-5H3,(H,35,36)/t19-,20-,29-/m1/s1. The van der Waals surface area contributed by atoms with Crippen molar-refractivity contribution in [2.24, 2.45) is 5.92 Å². The molecule has 7 nitrogen and oxygen atoms in total. The molecular weight excluding hydrogens is 471 g/mol. The van der Waals surface area contributed by atoms with Crippen LogP contribution in [0.2, 0.25) is 0 Å². The van der Waals surface area contributed by atoms with Gasteiger partial charge in [-0.1, -0.05) is 25.1 Å². The van der Waals surface area contributed by atoms with Crippen LogP contribution in [0.3, 0.4) is 0 Å². The highest BCUT2D eigenvalue weighted by Gasteiger charge is 2.47. The monoisotopic (exact) mass is 510 g/mol. The molecule has 3 heterocycles. The summed E-state index contributed by atoms with van der Waals surface area (Å²) in [4.78, 5) is 24.5. The number of aliphatic carboxylic acids is 1. The predicted molar refractivity (Wildman–Crippen MR) is 144 cm³/mol. The fourth-order valence-corrected chi connectivity index (χ4v) is 5.77. The lowest BCUT2D eigenvalue weighted by molar-refractivity contribution is -0.142. The first-order chi connectivity index (χ1) is 17.7. The van der Waals surface area contributed by atoms with E-state index in [0.29, 0.717) is 38.5 Å².